The molecule has 0 saturated carbocycles. The number of nitrogens with one attached hydrogen (secondary N) is 2. The van der Waals surface area contributed by atoms with Crippen LogP contribution in [0.3, 0.4) is 0 Å². The number of nitrogen functional groups attached to an aromatic ring is 1. The third-order valence-corrected chi connectivity index (χ3v) is 10.1. The van der Waals surface area contributed by atoms with Gasteiger partial charge in [0.15, 0.2) is 0 Å². The Morgan fingerprint density at radius 3 is 2.79 bits per heavy atom. The first kappa shape index (κ1) is 29.5. The van der Waals surface area contributed by atoms with Crippen molar-refractivity contribution in [2.24, 2.45) is 0 Å². The molecule has 4 aromatic rings. The Balaban J connectivity index is 1.30. The van der Waals surface area contributed by atoms with Crippen molar-refractivity contribution in [1.29, 1.82) is 0 Å². The summed E-state index contributed by atoms with van der Waals surface area (Å²) in [6.07, 6.45) is 11.0. The Hall–Kier alpha value is -3.96. The number of anilines is 2. The molecule has 0 aliphatic carbocycles. The molecule has 218 valence electrons. The van der Waals surface area contributed by atoms with Gasteiger partial charge in [-0.15, -0.1) is 11.3 Å². The summed E-state index contributed by atoms with van der Waals surface area (Å²) >= 11 is 3.26. The molecule has 5 rings (SSSR count). The zero-order valence-electron chi connectivity index (χ0n) is 24.2. The monoisotopic (exact) mass is 601 g/mol. The second kappa shape index (κ2) is 12.9. The Morgan fingerprint density at radius 1 is 1.26 bits per heavy atom. The van der Waals surface area contributed by atoms with E-state index < -0.39 is 6.04 Å². The van der Waals surface area contributed by atoms with Gasteiger partial charge in [0.05, 0.1) is 18.8 Å². The maximum atomic E-state index is 13.7. The van der Waals surface area contributed by atoms with Crippen molar-refractivity contribution >= 4 is 55.5 Å². The molecule has 0 aromatic carbocycles. The molecular weight excluding hydrogens is 567 g/mol. The summed E-state index contributed by atoms with van der Waals surface area (Å²) in [4.78, 5) is 43.0. The number of carbonyl (C=O) groups excluding carboxylic acids is 1. The lowest BCUT2D eigenvalue weighted by Gasteiger charge is -2.21. The normalized spacial score (nSPS) is 16.2. The molecular formula is C31H35N7O2S2. The predicted octanol–water partition coefficient (Wildman–Crippen LogP) is 5.91. The van der Waals surface area contributed by atoms with Crippen molar-refractivity contribution in [3.8, 4) is 0 Å². The quantitative estimate of drug-likeness (QED) is 0.205. The third-order valence-electron chi connectivity index (χ3n) is 7.40. The molecule has 4 aromatic heterocycles. The van der Waals surface area contributed by atoms with Gasteiger partial charge in [0.25, 0.3) is 5.56 Å². The third kappa shape index (κ3) is 6.27. The molecule has 2 unspecified atom stereocenters. The minimum absolute atomic E-state index is 0.153. The minimum Gasteiger partial charge on any atom is -0.384 e. The van der Waals surface area contributed by atoms with E-state index in [0.29, 0.717) is 36.7 Å². The highest BCUT2D eigenvalue weighted by Crippen LogP contribution is 2.39. The summed E-state index contributed by atoms with van der Waals surface area (Å²) in [6, 6.07) is 7.11. The van der Waals surface area contributed by atoms with E-state index in [1.165, 1.54) is 10.5 Å². The Labute approximate surface area is 253 Å². The van der Waals surface area contributed by atoms with E-state index in [1.54, 1.807) is 52.5 Å². The van der Waals surface area contributed by atoms with Gasteiger partial charge in [-0.1, -0.05) is 30.3 Å². The summed E-state index contributed by atoms with van der Waals surface area (Å²) in [5.41, 5.74) is 8.34. The van der Waals surface area contributed by atoms with Gasteiger partial charge in [0, 0.05) is 49.8 Å². The lowest BCUT2D eigenvalue weighted by atomic mass is 10.1. The average molecular weight is 602 g/mol. The number of amides is 1. The van der Waals surface area contributed by atoms with Crippen LogP contribution in [0.4, 0.5) is 11.5 Å². The van der Waals surface area contributed by atoms with Crippen molar-refractivity contribution < 1.29 is 4.79 Å². The van der Waals surface area contributed by atoms with Crippen LogP contribution in [0, 0.1) is 0 Å². The second-order valence-electron chi connectivity index (χ2n) is 10.3. The summed E-state index contributed by atoms with van der Waals surface area (Å²) in [5, 5.41) is 7.38. The van der Waals surface area contributed by atoms with Crippen molar-refractivity contribution in [1.82, 2.24) is 24.8 Å². The molecule has 0 radical (unpaired) electrons. The van der Waals surface area contributed by atoms with Gasteiger partial charge >= 0.3 is 0 Å². The smallest absolute Gasteiger partial charge is 0.277 e. The van der Waals surface area contributed by atoms with Crippen LogP contribution in [0.5, 0.6) is 0 Å². The number of aryl methyl sites for hydroxylation is 1. The van der Waals surface area contributed by atoms with Crippen molar-refractivity contribution in [2.75, 3.05) is 11.1 Å². The van der Waals surface area contributed by atoms with E-state index in [1.807, 2.05) is 38.1 Å². The SMILES string of the molecule is C/C=C(\SC(=C(C)CC)c1ccncc1)C(C)Nc1cnc2n(c1=O)C(C(=O)NCc1cc3cnc(N)cc3s1)CC2. The number of fused-ring (bicyclic) bond motifs is 2. The summed E-state index contributed by atoms with van der Waals surface area (Å²) < 4.78 is 2.57. The van der Waals surface area contributed by atoms with Crippen LogP contribution < -0.4 is 21.9 Å². The maximum Gasteiger partial charge on any atom is 0.277 e. The molecule has 0 bridgehead atoms. The first-order valence-corrected chi connectivity index (χ1v) is 15.6. The fourth-order valence-electron chi connectivity index (χ4n) is 5.01. The first-order valence-electron chi connectivity index (χ1n) is 14.0. The van der Waals surface area contributed by atoms with Crippen LogP contribution in [0.25, 0.3) is 15.0 Å². The van der Waals surface area contributed by atoms with E-state index in [-0.39, 0.29) is 17.5 Å². The van der Waals surface area contributed by atoms with Crippen LogP contribution in [0.1, 0.15) is 62.8 Å². The Morgan fingerprint density at radius 2 is 2.05 bits per heavy atom. The predicted molar refractivity (Wildman–Crippen MR) is 173 cm³/mol. The largest absolute Gasteiger partial charge is 0.384 e. The number of nitrogens with two attached hydrogens (primary N) is 1. The number of hydrogen-bond acceptors (Lipinski definition) is 9. The number of carbonyl (C=O) groups is 1. The molecule has 2 atom stereocenters. The summed E-state index contributed by atoms with van der Waals surface area (Å²) in [6.45, 7) is 8.69. The highest BCUT2D eigenvalue weighted by molar-refractivity contribution is 8.11. The van der Waals surface area contributed by atoms with Crippen LogP contribution in [0.15, 0.2) is 70.4 Å². The molecule has 11 heteroatoms. The van der Waals surface area contributed by atoms with Crippen LogP contribution in [-0.4, -0.2) is 31.5 Å². The van der Waals surface area contributed by atoms with Crippen molar-refractivity contribution in [2.45, 2.75) is 65.6 Å². The Kier molecular flexibility index (Phi) is 9.08. The number of thiophene rings is 1. The van der Waals surface area contributed by atoms with E-state index >= 15 is 0 Å². The average Bonchev–Trinajstić information content (AvgIpc) is 3.62. The molecule has 5 heterocycles. The van der Waals surface area contributed by atoms with Gasteiger partial charge in [-0.2, -0.15) is 0 Å². The molecule has 1 aliphatic heterocycles. The molecule has 4 N–H and O–H groups in total. The summed E-state index contributed by atoms with van der Waals surface area (Å²) in [7, 11) is 0. The topological polar surface area (TPSA) is 128 Å². The van der Waals surface area contributed by atoms with E-state index in [2.05, 4.69) is 45.5 Å². The number of hydrogen-bond donors (Lipinski definition) is 3. The number of pyridine rings is 2. The molecule has 1 aliphatic rings. The first-order chi connectivity index (χ1) is 20.3. The molecule has 0 fully saturated rings. The zero-order chi connectivity index (χ0) is 29.8. The second-order valence-corrected chi connectivity index (χ2v) is 12.5. The highest BCUT2D eigenvalue weighted by Gasteiger charge is 2.31. The number of thioether (sulfide) groups is 1. The van der Waals surface area contributed by atoms with Gasteiger partial charge in [-0.05, 0) is 63.4 Å². The minimum atomic E-state index is -0.604. The number of nitrogens with zero attached hydrogens (tertiary/aromatic N) is 4. The van der Waals surface area contributed by atoms with Gasteiger partial charge in [-0.3, -0.25) is 19.1 Å². The molecule has 0 saturated heterocycles. The van der Waals surface area contributed by atoms with Crippen LogP contribution in [0.2, 0.25) is 0 Å². The fraction of sp³-hybridized carbons (Fsp3) is 0.323. The molecule has 0 spiro atoms. The van der Waals surface area contributed by atoms with Crippen molar-refractivity contribution in [3.05, 3.63) is 92.2 Å². The van der Waals surface area contributed by atoms with Crippen molar-refractivity contribution in [3.63, 3.8) is 0 Å². The lowest BCUT2D eigenvalue weighted by Crippen LogP contribution is -2.37. The van der Waals surface area contributed by atoms with Gasteiger partial charge in [-0.25, -0.2) is 9.97 Å². The van der Waals surface area contributed by atoms with Crippen LogP contribution >= 0.6 is 23.1 Å². The molecule has 1 amide bonds. The zero-order valence-corrected chi connectivity index (χ0v) is 25.8. The van der Waals surface area contributed by atoms with Gasteiger partial charge < -0.3 is 16.4 Å². The van der Waals surface area contributed by atoms with E-state index in [4.69, 9.17) is 5.73 Å². The van der Waals surface area contributed by atoms with Gasteiger partial charge in [0.2, 0.25) is 5.91 Å². The van der Waals surface area contributed by atoms with E-state index in [9.17, 15) is 9.59 Å². The number of aromatic nitrogens is 4. The van der Waals surface area contributed by atoms with Crippen LogP contribution in [-0.2, 0) is 17.8 Å². The lowest BCUT2D eigenvalue weighted by molar-refractivity contribution is -0.124. The van der Waals surface area contributed by atoms with E-state index in [0.717, 1.165) is 31.9 Å². The fourth-order valence-corrected chi connectivity index (χ4v) is 7.19. The molecule has 9 nitrogen and oxygen atoms in total. The maximum absolute atomic E-state index is 13.7. The summed E-state index contributed by atoms with van der Waals surface area (Å²) in [5.74, 6) is 0.906. The Bertz CT molecular complexity index is 1730. The van der Waals surface area contributed by atoms with Gasteiger partial charge in [0.1, 0.15) is 23.4 Å². The molecule has 42 heavy (non-hydrogen) atoms. The highest BCUT2D eigenvalue weighted by atomic mass is 32.2. The number of rotatable bonds is 10. The standard InChI is InChI=1S/C31H35N7O2S2/c1-5-18(3)29(20-9-11-33-12-10-20)42-25(6-2)19(4)37-23-17-35-28-8-7-24(38(28)31(23)40)30(39)36-16-22-13-21-15-34-27(32)14-26(21)41-22/h6,9-15,17,19,24,37H,5,7-8,16H2,1-4H3,(H2,32,34)(H,36,39)/b25-6-,29-18?. The number of allylic oxidation sites excluding steroid dienone is 2.